The molecule has 1 aromatic heterocycles. The van der Waals surface area contributed by atoms with Gasteiger partial charge in [-0.3, -0.25) is 4.79 Å². The summed E-state index contributed by atoms with van der Waals surface area (Å²) in [6.45, 7) is 3.62. The number of hydrogen-bond acceptors (Lipinski definition) is 5. The second-order valence-corrected chi connectivity index (χ2v) is 4.05. The van der Waals surface area contributed by atoms with Crippen LogP contribution >= 0.6 is 11.6 Å². The predicted molar refractivity (Wildman–Crippen MR) is 55.4 cm³/mol. The number of nitrogens with one attached hydrogen (secondary N) is 1. The van der Waals surface area contributed by atoms with E-state index < -0.39 is 11.4 Å². The van der Waals surface area contributed by atoms with E-state index in [1.807, 2.05) is 13.8 Å². The van der Waals surface area contributed by atoms with Crippen molar-refractivity contribution in [2.45, 2.75) is 31.7 Å². The minimum absolute atomic E-state index is 0.158. The van der Waals surface area contributed by atoms with Gasteiger partial charge in [0.05, 0.1) is 0 Å². The van der Waals surface area contributed by atoms with E-state index in [-0.39, 0.29) is 18.3 Å². The maximum atomic E-state index is 10.8. The number of carbonyl (C=O) groups is 1. The summed E-state index contributed by atoms with van der Waals surface area (Å²) in [6, 6.07) is 0.233. The smallest absolute Gasteiger partial charge is 0.315 e. The molecule has 0 aromatic carbocycles. The highest BCUT2D eigenvalue weighted by molar-refractivity contribution is 6.16. The van der Waals surface area contributed by atoms with Gasteiger partial charge in [-0.05, 0) is 13.8 Å². The molecule has 1 amide bonds. The van der Waals surface area contributed by atoms with Gasteiger partial charge in [-0.15, -0.1) is 16.7 Å². The van der Waals surface area contributed by atoms with Gasteiger partial charge in [0, 0.05) is 12.0 Å². The fourth-order valence-corrected chi connectivity index (χ4v) is 1.24. The molecular formula is C8H13ClN4O2. The van der Waals surface area contributed by atoms with Crippen LogP contribution in [0.25, 0.3) is 0 Å². The van der Waals surface area contributed by atoms with Crippen LogP contribution in [-0.4, -0.2) is 21.6 Å². The van der Waals surface area contributed by atoms with Crippen LogP contribution in [0.5, 0.6) is 0 Å². The van der Waals surface area contributed by atoms with E-state index >= 15 is 0 Å². The average molecular weight is 233 g/mol. The first-order valence-corrected chi connectivity index (χ1v) is 4.91. The number of halogens is 1. The van der Waals surface area contributed by atoms with Crippen LogP contribution in [0.4, 0.5) is 6.01 Å². The van der Waals surface area contributed by atoms with Crippen LogP contribution in [0.2, 0.25) is 0 Å². The van der Waals surface area contributed by atoms with Crippen molar-refractivity contribution in [1.82, 2.24) is 10.2 Å². The lowest BCUT2D eigenvalue weighted by Crippen LogP contribution is -2.36. The monoisotopic (exact) mass is 232 g/mol. The Morgan fingerprint density at radius 2 is 2.27 bits per heavy atom. The van der Waals surface area contributed by atoms with Crippen LogP contribution in [0.1, 0.15) is 26.2 Å². The van der Waals surface area contributed by atoms with E-state index in [1.54, 1.807) is 0 Å². The Labute approximate surface area is 92.2 Å². The van der Waals surface area contributed by atoms with Gasteiger partial charge in [0.15, 0.2) is 0 Å². The Hall–Kier alpha value is -1.30. The molecule has 3 N–H and O–H groups in total. The van der Waals surface area contributed by atoms with E-state index in [4.69, 9.17) is 21.8 Å². The lowest BCUT2D eigenvalue weighted by molar-refractivity contribution is -0.118. The van der Waals surface area contributed by atoms with E-state index in [2.05, 4.69) is 15.5 Å². The van der Waals surface area contributed by atoms with E-state index in [0.29, 0.717) is 5.89 Å². The van der Waals surface area contributed by atoms with Gasteiger partial charge in [0.1, 0.15) is 5.88 Å². The zero-order chi connectivity index (χ0) is 11.5. The molecule has 1 heterocycles. The number of alkyl halides is 1. The van der Waals surface area contributed by atoms with Crippen LogP contribution in [0, 0.1) is 0 Å². The van der Waals surface area contributed by atoms with Crippen LogP contribution < -0.4 is 11.1 Å². The third kappa shape index (κ3) is 3.75. The SMILES string of the molecule is CC(C)(CC(N)=O)Nc1nnc(CCl)o1. The Morgan fingerprint density at radius 1 is 1.60 bits per heavy atom. The molecule has 0 bridgehead atoms. The van der Waals surface area contributed by atoms with Gasteiger partial charge in [-0.25, -0.2) is 0 Å². The molecule has 0 radical (unpaired) electrons. The van der Waals surface area contributed by atoms with Gasteiger partial charge in [-0.2, -0.15) is 0 Å². The van der Waals surface area contributed by atoms with Gasteiger partial charge in [0.2, 0.25) is 11.8 Å². The first-order valence-electron chi connectivity index (χ1n) is 4.38. The summed E-state index contributed by atoms with van der Waals surface area (Å²) >= 11 is 5.50. The molecule has 1 aromatic rings. The molecule has 1 rings (SSSR count). The number of primary amides is 1. The van der Waals surface area contributed by atoms with Gasteiger partial charge < -0.3 is 15.5 Å². The molecule has 0 spiro atoms. The van der Waals surface area contributed by atoms with Gasteiger partial charge >= 0.3 is 6.01 Å². The number of nitrogens with two attached hydrogens (primary N) is 1. The zero-order valence-corrected chi connectivity index (χ0v) is 9.34. The van der Waals surface area contributed by atoms with Gasteiger partial charge in [0.25, 0.3) is 0 Å². The maximum absolute atomic E-state index is 10.8. The molecule has 0 fully saturated rings. The third-order valence-corrected chi connectivity index (χ3v) is 1.87. The number of anilines is 1. The Morgan fingerprint density at radius 3 is 2.73 bits per heavy atom. The minimum Gasteiger partial charge on any atom is -0.407 e. The second kappa shape index (κ2) is 4.48. The largest absolute Gasteiger partial charge is 0.407 e. The van der Waals surface area contributed by atoms with Crippen molar-refractivity contribution in [3.8, 4) is 0 Å². The third-order valence-electron chi connectivity index (χ3n) is 1.64. The highest BCUT2D eigenvalue weighted by Gasteiger charge is 2.22. The highest BCUT2D eigenvalue weighted by Crippen LogP contribution is 2.17. The first kappa shape index (κ1) is 11.8. The Kier molecular flexibility index (Phi) is 3.52. The number of amides is 1. The summed E-state index contributed by atoms with van der Waals surface area (Å²) in [5, 5.41) is 10.3. The summed E-state index contributed by atoms with van der Waals surface area (Å²) in [7, 11) is 0. The van der Waals surface area contributed by atoms with Crippen LogP contribution in [0.3, 0.4) is 0 Å². The zero-order valence-electron chi connectivity index (χ0n) is 8.58. The Balaban J connectivity index is 2.63. The molecule has 15 heavy (non-hydrogen) atoms. The minimum atomic E-state index is -0.526. The van der Waals surface area contributed by atoms with Crippen molar-refractivity contribution in [2.24, 2.45) is 5.73 Å². The number of hydrogen-bond donors (Lipinski definition) is 2. The molecule has 0 saturated heterocycles. The molecule has 0 aliphatic carbocycles. The number of nitrogens with zero attached hydrogens (tertiary/aromatic N) is 2. The van der Waals surface area contributed by atoms with Crippen LogP contribution in [-0.2, 0) is 10.7 Å². The molecule has 0 saturated carbocycles. The first-order chi connectivity index (χ1) is 6.93. The summed E-state index contributed by atoms with van der Waals surface area (Å²) in [5.41, 5.74) is 4.57. The van der Waals surface area contributed by atoms with Crippen molar-refractivity contribution in [3.63, 3.8) is 0 Å². The predicted octanol–water partition coefficient (Wildman–Crippen LogP) is 0.874. The van der Waals surface area contributed by atoms with E-state index in [9.17, 15) is 4.79 Å². The van der Waals surface area contributed by atoms with Crippen molar-refractivity contribution in [1.29, 1.82) is 0 Å². The summed E-state index contributed by atoms with van der Waals surface area (Å²) in [4.78, 5) is 10.8. The fourth-order valence-electron chi connectivity index (χ4n) is 1.13. The molecule has 0 unspecified atom stereocenters. The van der Waals surface area contributed by atoms with E-state index in [0.717, 1.165) is 0 Å². The lowest BCUT2D eigenvalue weighted by Gasteiger charge is -2.22. The number of rotatable bonds is 5. The van der Waals surface area contributed by atoms with Crippen LogP contribution in [0.15, 0.2) is 4.42 Å². The number of carbonyl (C=O) groups excluding carboxylic acids is 1. The standard InChI is InChI=1S/C8H13ClN4O2/c1-8(2,3-5(10)14)11-7-13-12-6(4-9)15-7/h3-4H2,1-2H3,(H2,10,14)(H,11,13). The normalized spacial score (nSPS) is 11.4. The summed E-state index contributed by atoms with van der Waals surface area (Å²) < 4.78 is 5.13. The molecule has 0 aliphatic heterocycles. The van der Waals surface area contributed by atoms with Crippen molar-refractivity contribution in [2.75, 3.05) is 5.32 Å². The van der Waals surface area contributed by atoms with Gasteiger partial charge in [-0.1, -0.05) is 5.10 Å². The molecule has 0 aliphatic rings. The Bertz CT molecular complexity index is 350. The molecular weight excluding hydrogens is 220 g/mol. The molecule has 84 valence electrons. The van der Waals surface area contributed by atoms with Crippen molar-refractivity contribution >= 4 is 23.5 Å². The molecule has 7 heteroatoms. The van der Waals surface area contributed by atoms with E-state index in [1.165, 1.54) is 0 Å². The highest BCUT2D eigenvalue weighted by atomic mass is 35.5. The topological polar surface area (TPSA) is 94.0 Å². The lowest BCUT2D eigenvalue weighted by atomic mass is 10.0. The summed E-state index contributed by atoms with van der Waals surface area (Å²) in [5.74, 6) is 0.0869. The fraction of sp³-hybridized carbons (Fsp3) is 0.625. The number of aromatic nitrogens is 2. The average Bonchev–Trinajstić information content (AvgIpc) is 2.48. The molecule has 0 atom stereocenters. The van der Waals surface area contributed by atoms with Crippen molar-refractivity contribution < 1.29 is 9.21 Å². The second-order valence-electron chi connectivity index (χ2n) is 3.79. The summed E-state index contributed by atoms with van der Waals surface area (Å²) in [6.07, 6.45) is 0.172. The van der Waals surface area contributed by atoms with Crippen molar-refractivity contribution in [3.05, 3.63) is 5.89 Å². The maximum Gasteiger partial charge on any atom is 0.315 e. The molecule has 6 nitrogen and oxygen atoms in total. The quantitative estimate of drug-likeness (QED) is 0.735.